The predicted molar refractivity (Wildman–Crippen MR) is 105 cm³/mol. The van der Waals surface area contributed by atoms with Gasteiger partial charge in [0.1, 0.15) is 18.1 Å². The first-order chi connectivity index (χ1) is 13.2. The number of amides is 2. The predicted octanol–water partition coefficient (Wildman–Crippen LogP) is 3.53. The second-order valence-corrected chi connectivity index (χ2v) is 6.90. The van der Waals surface area contributed by atoms with Gasteiger partial charge in [0, 0.05) is 13.6 Å². The van der Waals surface area contributed by atoms with Crippen LogP contribution in [0.1, 0.15) is 31.1 Å². The summed E-state index contributed by atoms with van der Waals surface area (Å²) in [5.41, 5.74) is 0. The van der Waals surface area contributed by atoms with Crippen LogP contribution >= 0.6 is 0 Å². The first-order valence-corrected chi connectivity index (χ1v) is 9.68. The van der Waals surface area contributed by atoms with Crippen LogP contribution in [-0.2, 0) is 0 Å². The van der Waals surface area contributed by atoms with E-state index in [1.54, 1.807) is 18.2 Å². The Balaban J connectivity index is 1.46. The zero-order valence-electron chi connectivity index (χ0n) is 16.0. The Bertz CT molecular complexity index is 669. The number of furan rings is 1. The first kappa shape index (κ1) is 19.3. The topological polar surface area (TPSA) is 58.0 Å². The molecule has 1 fully saturated rings. The lowest BCUT2D eigenvalue weighted by molar-refractivity contribution is 0.139. The molecule has 6 nitrogen and oxygen atoms in total. The number of hydrogen-bond donors (Lipinski definition) is 1. The first-order valence-electron chi connectivity index (χ1n) is 9.68. The number of para-hydroxylation sites is 1. The third kappa shape index (κ3) is 5.76. The summed E-state index contributed by atoms with van der Waals surface area (Å²) >= 11 is 0. The summed E-state index contributed by atoms with van der Waals surface area (Å²) < 4.78 is 11.3. The lowest BCUT2D eigenvalue weighted by Crippen LogP contribution is -2.45. The number of hydrogen-bond acceptors (Lipinski definition) is 4. The van der Waals surface area contributed by atoms with Crippen molar-refractivity contribution >= 4 is 6.03 Å². The number of urea groups is 1. The zero-order chi connectivity index (χ0) is 18.9. The van der Waals surface area contributed by atoms with Gasteiger partial charge in [0.25, 0.3) is 0 Å². The number of rotatable bonds is 8. The fraction of sp³-hybridized carbons (Fsp3) is 0.476. The van der Waals surface area contributed by atoms with Crippen molar-refractivity contribution in [3.8, 4) is 5.75 Å². The van der Waals surface area contributed by atoms with Gasteiger partial charge in [-0.2, -0.15) is 0 Å². The fourth-order valence-electron chi connectivity index (χ4n) is 3.36. The van der Waals surface area contributed by atoms with Crippen LogP contribution in [0.3, 0.4) is 0 Å². The molecule has 0 saturated carbocycles. The molecule has 1 aromatic heterocycles. The maximum absolute atomic E-state index is 12.5. The van der Waals surface area contributed by atoms with E-state index in [-0.39, 0.29) is 12.1 Å². The molecule has 0 bridgehead atoms. The summed E-state index contributed by atoms with van der Waals surface area (Å²) in [6.07, 6.45) is 5.36. The van der Waals surface area contributed by atoms with E-state index >= 15 is 0 Å². The largest absolute Gasteiger partial charge is 0.492 e. The van der Waals surface area contributed by atoms with Crippen LogP contribution in [0.4, 0.5) is 4.79 Å². The van der Waals surface area contributed by atoms with Crippen LogP contribution in [-0.4, -0.2) is 55.7 Å². The fourth-order valence-corrected chi connectivity index (χ4v) is 3.36. The number of likely N-dealkylation sites (tertiary alicyclic amines) is 1. The highest BCUT2D eigenvalue weighted by Gasteiger charge is 2.25. The zero-order valence-corrected chi connectivity index (χ0v) is 16.0. The molecular formula is C21H29N3O3. The van der Waals surface area contributed by atoms with Crippen LogP contribution in [0, 0.1) is 0 Å². The minimum atomic E-state index is -0.0970. The summed E-state index contributed by atoms with van der Waals surface area (Å²) in [6, 6.07) is 13.5. The van der Waals surface area contributed by atoms with Crippen molar-refractivity contribution in [3.05, 3.63) is 54.5 Å². The minimum Gasteiger partial charge on any atom is -0.492 e. The van der Waals surface area contributed by atoms with E-state index in [0.717, 1.165) is 24.6 Å². The van der Waals surface area contributed by atoms with Gasteiger partial charge < -0.3 is 19.4 Å². The van der Waals surface area contributed by atoms with Crippen LogP contribution in [0.2, 0.25) is 0 Å². The number of carbonyl (C=O) groups is 1. The Morgan fingerprint density at radius 3 is 2.67 bits per heavy atom. The summed E-state index contributed by atoms with van der Waals surface area (Å²) in [6.45, 7) is 3.61. The molecule has 0 spiro atoms. The Morgan fingerprint density at radius 2 is 1.96 bits per heavy atom. The lowest BCUT2D eigenvalue weighted by Gasteiger charge is -2.33. The molecule has 27 heavy (non-hydrogen) atoms. The molecular weight excluding hydrogens is 342 g/mol. The van der Waals surface area contributed by atoms with Gasteiger partial charge in [0.2, 0.25) is 0 Å². The standard InChI is InChI=1S/C21H29N3O3/c1-23(14-16-26-18-9-4-2-5-10-18)21(25)22-17-19(20-11-8-15-27-20)24-12-6-3-7-13-24/h2,4-5,8-11,15,19H,3,6-7,12-14,16-17H2,1H3,(H,22,25). The van der Waals surface area contributed by atoms with Gasteiger partial charge in [0.15, 0.2) is 0 Å². The summed E-state index contributed by atoms with van der Waals surface area (Å²) in [7, 11) is 1.78. The van der Waals surface area contributed by atoms with Crippen molar-refractivity contribution in [2.45, 2.75) is 25.3 Å². The van der Waals surface area contributed by atoms with Crippen LogP contribution < -0.4 is 10.1 Å². The number of carbonyl (C=O) groups excluding carboxylic acids is 1. The van der Waals surface area contributed by atoms with E-state index in [0.29, 0.717) is 19.7 Å². The minimum absolute atomic E-state index is 0.0817. The van der Waals surface area contributed by atoms with E-state index in [9.17, 15) is 4.79 Å². The monoisotopic (exact) mass is 371 g/mol. The summed E-state index contributed by atoms with van der Waals surface area (Å²) in [4.78, 5) is 16.5. The third-order valence-electron chi connectivity index (χ3n) is 4.94. The highest BCUT2D eigenvalue weighted by Crippen LogP contribution is 2.24. The van der Waals surface area contributed by atoms with Gasteiger partial charge in [-0.25, -0.2) is 4.79 Å². The van der Waals surface area contributed by atoms with Crippen LogP contribution in [0.25, 0.3) is 0 Å². The number of nitrogens with one attached hydrogen (secondary N) is 1. The van der Waals surface area contributed by atoms with Crippen molar-refractivity contribution in [1.82, 2.24) is 15.1 Å². The molecule has 2 aromatic rings. The van der Waals surface area contributed by atoms with E-state index in [2.05, 4.69) is 10.2 Å². The van der Waals surface area contributed by atoms with Crippen molar-refractivity contribution in [2.75, 3.05) is 39.8 Å². The maximum atomic E-state index is 12.5. The normalized spacial score (nSPS) is 15.9. The molecule has 1 unspecified atom stereocenters. The van der Waals surface area contributed by atoms with Gasteiger partial charge in [-0.15, -0.1) is 0 Å². The Hall–Kier alpha value is -2.47. The molecule has 1 aliphatic heterocycles. The molecule has 1 aromatic carbocycles. The van der Waals surface area contributed by atoms with Gasteiger partial charge in [-0.05, 0) is 50.2 Å². The summed E-state index contributed by atoms with van der Waals surface area (Å²) in [5, 5.41) is 3.05. The van der Waals surface area contributed by atoms with Gasteiger partial charge >= 0.3 is 6.03 Å². The SMILES string of the molecule is CN(CCOc1ccccc1)C(=O)NCC(c1ccco1)N1CCCCC1. The highest BCUT2D eigenvalue weighted by molar-refractivity contribution is 5.73. The number of piperidine rings is 1. The molecule has 0 aliphatic carbocycles. The van der Waals surface area contributed by atoms with Gasteiger partial charge in [-0.1, -0.05) is 24.6 Å². The molecule has 2 amide bonds. The molecule has 6 heteroatoms. The van der Waals surface area contributed by atoms with Crippen LogP contribution in [0.5, 0.6) is 5.75 Å². The second kappa shape index (κ2) is 10.0. The van der Waals surface area contributed by atoms with Crippen LogP contribution in [0.15, 0.2) is 53.1 Å². The number of ether oxygens (including phenoxy) is 1. The quantitative estimate of drug-likeness (QED) is 0.771. The van der Waals surface area contributed by atoms with Gasteiger partial charge in [-0.3, -0.25) is 4.90 Å². The van der Waals surface area contributed by atoms with Crippen molar-refractivity contribution in [2.24, 2.45) is 0 Å². The van der Waals surface area contributed by atoms with E-state index in [1.165, 1.54) is 19.3 Å². The Kier molecular flexibility index (Phi) is 7.16. The van der Waals surface area contributed by atoms with E-state index in [4.69, 9.17) is 9.15 Å². The average Bonchev–Trinajstić information content (AvgIpc) is 3.24. The van der Waals surface area contributed by atoms with Crippen molar-refractivity contribution in [1.29, 1.82) is 0 Å². The second-order valence-electron chi connectivity index (χ2n) is 6.90. The van der Waals surface area contributed by atoms with E-state index < -0.39 is 0 Å². The molecule has 146 valence electrons. The summed E-state index contributed by atoms with van der Waals surface area (Å²) in [5.74, 6) is 1.72. The van der Waals surface area contributed by atoms with Gasteiger partial charge in [0.05, 0.1) is 18.8 Å². The maximum Gasteiger partial charge on any atom is 0.317 e. The third-order valence-corrected chi connectivity index (χ3v) is 4.94. The van der Waals surface area contributed by atoms with E-state index in [1.807, 2.05) is 42.5 Å². The lowest BCUT2D eigenvalue weighted by atomic mass is 10.1. The van der Waals surface area contributed by atoms with Crippen molar-refractivity contribution < 1.29 is 13.9 Å². The molecule has 3 rings (SSSR count). The molecule has 1 aliphatic rings. The molecule has 1 saturated heterocycles. The molecule has 1 N–H and O–H groups in total. The Labute approximate surface area is 161 Å². The van der Waals surface area contributed by atoms with Crippen molar-refractivity contribution in [3.63, 3.8) is 0 Å². The number of likely N-dealkylation sites (N-methyl/N-ethyl adjacent to an activating group) is 1. The molecule has 0 radical (unpaired) electrons. The smallest absolute Gasteiger partial charge is 0.317 e. The highest BCUT2D eigenvalue weighted by atomic mass is 16.5. The Morgan fingerprint density at radius 1 is 1.19 bits per heavy atom. The molecule has 1 atom stereocenters. The number of benzene rings is 1. The molecule has 2 heterocycles. The number of nitrogens with zero attached hydrogens (tertiary/aromatic N) is 2. The average molecular weight is 371 g/mol.